The number of benzene rings is 2. The summed E-state index contributed by atoms with van der Waals surface area (Å²) in [5, 5.41) is 12.9. The Morgan fingerprint density at radius 2 is 1.87 bits per heavy atom. The standard InChI is InChI=1S/C24H23FN6/c1-14-8-18(25)11-23-20(14)9-15(2)31(23)7-6-26-24-12-21(27-13-28-24)17-4-5-19-16(3)29-30-22(19)10-17/h4-5,8-13H,6-7H2,1-3H3,(H,29,30)(H,26,27,28). The molecule has 5 rings (SSSR count). The highest BCUT2D eigenvalue weighted by Crippen LogP contribution is 2.26. The Kier molecular flexibility index (Phi) is 4.66. The van der Waals surface area contributed by atoms with E-state index in [4.69, 9.17) is 0 Å². The number of aromatic amines is 1. The highest BCUT2D eigenvalue weighted by atomic mass is 19.1. The van der Waals surface area contributed by atoms with Crippen molar-refractivity contribution in [2.75, 3.05) is 11.9 Å². The van der Waals surface area contributed by atoms with Crippen molar-refractivity contribution in [2.45, 2.75) is 27.3 Å². The van der Waals surface area contributed by atoms with Gasteiger partial charge in [-0.05, 0) is 50.6 Å². The summed E-state index contributed by atoms with van der Waals surface area (Å²) in [7, 11) is 0. The fourth-order valence-electron chi connectivity index (χ4n) is 4.13. The summed E-state index contributed by atoms with van der Waals surface area (Å²) in [6.45, 7) is 7.36. The van der Waals surface area contributed by atoms with E-state index in [2.05, 4.69) is 42.2 Å². The molecule has 0 fully saturated rings. The molecule has 0 radical (unpaired) electrons. The van der Waals surface area contributed by atoms with Crippen molar-refractivity contribution < 1.29 is 4.39 Å². The third kappa shape index (κ3) is 3.52. The van der Waals surface area contributed by atoms with Crippen LogP contribution in [0.1, 0.15) is 17.0 Å². The molecule has 0 aliphatic heterocycles. The first-order valence-electron chi connectivity index (χ1n) is 10.3. The van der Waals surface area contributed by atoms with Crippen molar-refractivity contribution in [3.05, 3.63) is 71.6 Å². The molecule has 3 heterocycles. The van der Waals surface area contributed by atoms with E-state index in [1.165, 1.54) is 0 Å². The molecular formula is C24H23FN6. The van der Waals surface area contributed by atoms with Gasteiger partial charge < -0.3 is 9.88 Å². The number of H-pyrrole nitrogens is 1. The monoisotopic (exact) mass is 414 g/mol. The lowest BCUT2D eigenvalue weighted by molar-refractivity contribution is 0.626. The Hall–Kier alpha value is -3.74. The van der Waals surface area contributed by atoms with Crippen molar-refractivity contribution in [2.24, 2.45) is 0 Å². The van der Waals surface area contributed by atoms with Crippen LogP contribution in [0, 0.1) is 26.6 Å². The third-order valence-corrected chi connectivity index (χ3v) is 5.75. The number of fused-ring (bicyclic) bond motifs is 2. The molecule has 0 bridgehead atoms. The molecule has 6 nitrogen and oxygen atoms in total. The normalized spacial score (nSPS) is 11.5. The summed E-state index contributed by atoms with van der Waals surface area (Å²) in [6, 6.07) is 13.4. The molecular weight excluding hydrogens is 391 g/mol. The van der Waals surface area contributed by atoms with Gasteiger partial charge in [0.05, 0.1) is 16.7 Å². The Morgan fingerprint density at radius 3 is 2.74 bits per heavy atom. The van der Waals surface area contributed by atoms with Crippen LogP contribution in [0.15, 0.2) is 48.8 Å². The van der Waals surface area contributed by atoms with E-state index >= 15 is 0 Å². The maximum Gasteiger partial charge on any atom is 0.130 e. The number of nitrogens with zero attached hydrogens (tertiary/aromatic N) is 4. The number of hydrogen-bond donors (Lipinski definition) is 2. The predicted octanol–water partition coefficient (Wildman–Crippen LogP) is 5.15. The first-order valence-corrected chi connectivity index (χ1v) is 10.3. The van der Waals surface area contributed by atoms with Gasteiger partial charge in [0, 0.05) is 46.9 Å². The van der Waals surface area contributed by atoms with Crippen molar-refractivity contribution in [3.8, 4) is 11.3 Å². The summed E-state index contributed by atoms with van der Waals surface area (Å²) in [5.41, 5.74) is 6.77. The molecule has 7 heteroatoms. The van der Waals surface area contributed by atoms with Crippen LogP contribution in [0.5, 0.6) is 0 Å². The lowest BCUT2D eigenvalue weighted by Gasteiger charge is -2.11. The van der Waals surface area contributed by atoms with Gasteiger partial charge in [0.2, 0.25) is 0 Å². The largest absolute Gasteiger partial charge is 0.368 e. The van der Waals surface area contributed by atoms with E-state index < -0.39 is 0 Å². The molecule has 0 aliphatic carbocycles. The molecule has 31 heavy (non-hydrogen) atoms. The van der Waals surface area contributed by atoms with Gasteiger partial charge in [-0.15, -0.1) is 0 Å². The lowest BCUT2D eigenvalue weighted by atomic mass is 10.1. The number of aryl methyl sites for hydroxylation is 3. The number of rotatable bonds is 5. The average molecular weight is 414 g/mol. The Labute approximate surface area is 179 Å². The number of hydrogen-bond acceptors (Lipinski definition) is 4. The van der Waals surface area contributed by atoms with Crippen LogP contribution in [0.25, 0.3) is 33.1 Å². The molecule has 0 spiro atoms. The molecule has 0 amide bonds. The first kappa shape index (κ1) is 19.2. The maximum atomic E-state index is 13.9. The summed E-state index contributed by atoms with van der Waals surface area (Å²) in [4.78, 5) is 8.77. The SMILES string of the molecule is Cc1[nH]nc2cc(-c3cc(NCCn4c(C)cc5c(C)cc(F)cc54)ncn3)ccc12. The maximum absolute atomic E-state index is 13.9. The van der Waals surface area contributed by atoms with E-state index in [1.54, 1.807) is 18.5 Å². The van der Waals surface area contributed by atoms with Crippen molar-refractivity contribution in [1.82, 2.24) is 24.7 Å². The number of halogens is 1. The van der Waals surface area contributed by atoms with Crippen molar-refractivity contribution in [1.29, 1.82) is 0 Å². The van der Waals surface area contributed by atoms with Crippen LogP contribution in [0.3, 0.4) is 0 Å². The fraction of sp³-hybridized carbons (Fsp3) is 0.208. The van der Waals surface area contributed by atoms with E-state index in [0.29, 0.717) is 13.1 Å². The molecule has 0 saturated carbocycles. The van der Waals surface area contributed by atoms with Crippen LogP contribution in [0.4, 0.5) is 10.2 Å². The second-order valence-corrected chi connectivity index (χ2v) is 7.89. The van der Waals surface area contributed by atoms with Crippen LogP contribution < -0.4 is 5.32 Å². The number of anilines is 1. The van der Waals surface area contributed by atoms with Crippen molar-refractivity contribution in [3.63, 3.8) is 0 Å². The molecule has 0 atom stereocenters. The van der Waals surface area contributed by atoms with Gasteiger partial charge in [-0.2, -0.15) is 5.10 Å². The summed E-state index contributed by atoms with van der Waals surface area (Å²) < 4.78 is 16.1. The molecule has 2 N–H and O–H groups in total. The molecule has 2 aromatic carbocycles. The average Bonchev–Trinajstić information content (AvgIpc) is 3.28. The van der Waals surface area contributed by atoms with Crippen LogP contribution >= 0.6 is 0 Å². The van der Waals surface area contributed by atoms with Gasteiger partial charge in [0.25, 0.3) is 0 Å². The van der Waals surface area contributed by atoms with E-state index in [-0.39, 0.29) is 5.82 Å². The molecule has 156 valence electrons. The van der Waals surface area contributed by atoms with Gasteiger partial charge in [-0.25, -0.2) is 14.4 Å². The molecule has 5 aromatic rings. The lowest BCUT2D eigenvalue weighted by Crippen LogP contribution is -2.12. The first-order chi connectivity index (χ1) is 15.0. The minimum atomic E-state index is -0.207. The molecule has 3 aromatic heterocycles. The number of nitrogens with one attached hydrogen (secondary N) is 2. The van der Waals surface area contributed by atoms with Crippen molar-refractivity contribution >= 4 is 27.6 Å². The zero-order valence-electron chi connectivity index (χ0n) is 17.7. The fourth-order valence-corrected chi connectivity index (χ4v) is 4.13. The van der Waals surface area contributed by atoms with Gasteiger partial charge in [-0.3, -0.25) is 5.10 Å². The summed E-state index contributed by atoms with van der Waals surface area (Å²) >= 11 is 0. The molecule has 0 saturated heterocycles. The quantitative estimate of drug-likeness (QED) is 0.417. The van der Waals surface area contributed by atoms with Gasteiger partial charge in [-0.1, -0.05) is 12.1 Å². The molecule has 0 aliphatic rings. The zero-order valence-corrected chi connectivity index (χ0v) is 17.7. The number of aromatic nitrogens is 5. The Balaban J connectivity index is 1.35. The smallest absolute Gasteiger partial charge is 0.130 e. The van der Waals surface area contributed by atoms with Gasteiger partial charge >= 0.3 is 0 Å². The third-order valence-electron chi connectivity index (χ3n) is 5.75. The highest BCUT2D eigenvalue weighted by molar-refractivity contribution is 5.86. The second kappa shape index (κ2) is 7.50. The van der Waals surface area contributed by atoms with E-state index in [1.807, 2.05) is 39.0 Å². The van der Waals surface area contributed by atoms with E-state index in [9.17, 15) is 4.39 Å². The van der Waals surface area contributed by atoms with Crippen LogP contribution in [-0.2, 0) is 6.54 Å². The van der Waals surface area contributed by atoms with Gasteiger partial charge in [0.15, 0.2) is 0 Å². The van der Waals surface area contributed by atoms with Crippen LogP contribution in [-0.4, -0.2) is 31.3 Å². The Bertz CT molecular complexity index is 1410. The zero-order chi connectivity index (χ0) is 21.5. The minimum Gasteiger partial charge on any atom is -0.368 e. The topological polar surface area (TPSA) is 71.4 Å². The molecule has 0 unspecified atom stereocenters. The minimum absolute atomic E-state index is 0.207. The van der Waals surface area contributed by atoms with E-state index in [0.717, 1.165) is 55.8 Å². The van der Waals surface area contributed by atoms with Gasteiger partial charge in [0.1, 0.15) is 18.0 Å². The summed E-state index contributed by atoms with van der Waals surface area (Å²) in [5.74, 6) is 0.543. The Morgan fingerprint density at radius 1 is 1.00 bits per heavy atom. The van der Waals surface area contributed by atoms with Crippen LogP contribution in [0.2, 0.25) is 0 Å². The predicted molar refractivity (Wildman–Crippen MR) is 122 cm³/mol. The summed E-state index contributed by atoms with van der Waals surface area (Å²) in [6.07, 6.45) is 1.56. The second-order valence-electron chi connectivity index (χ2n) is 7.89. The highest BCUT2D eigenvalue weighted by Gasteiger charge is 2.10.